The predicted molar refractivity (Wildman–Crippen MR) is 94.0 cm³/mol. The molecule has 0 bridgehead atoms. The summed E-state index contributed by atoms with van der Waals surface area (Å²) in [5.41, 5.74) is 0.870. The molecule has 0 aromatic heterocycles. The third kappa shape index (κ3) is 5.70. The van der Waals surface area contributed by atoms with E-state index < -0.39 is 21.5 Å². The molecule has 23 heavy (non-hydrogen) atoms. The summed E-state index contributed by atoms with van der Waals surface area (Å²) >= 11 is 17.4. The van der Waals surface area contributed by atoms with E-state index in [-0.39, 0.29) is 10.8 Å². The number of anilines is 1. The molecule has 2 aromatic carbocycles. The van der Waals surface area contributed by atoms with Crippen molar-refractivity contribution in [3.63, 3.8) is 0 Å². The molecule has 2 aromatic rings. The molecule has 0 fully saturated rings. The number of amides is 1. The van der Waals surface area contributed by atoms with E-state index in [0.717, 1.165) is 0 Å². The summed E-state index contributed by atoms with van der Waals surface area (Å²) in [7, 11) is -3.61. The van der Waals surface area contributed by atoms with Crippen molar-refractivity contribution in [2.24, 2.45) is 0 Å². The van der Waals surface area contributed by atoms with Crippen molar-refractivity contribution in [3.05, 3.63) is 63.1 Å². The minimum absolute atomic E-state index is 0.237. The van der Waals surface area contributed by atoms with Crippen LogP contribution in [-0.2, 0) is 20.4 Å². The van der Waals surface area contributed by atoms with E-state index in [1.54, 1.807) is 30.3 Å². The SMILES string of the molecule is O=C(CS(=O)(=O)Cc1ccc(Cl)cc1)Nc1ccc(Cl)cc1Cl. The number of hydrogen-bond acceptors (Lipinski definition) is 3. The highest BCUT2D eigenvalue weighted by atomic mass is 35.5. The van der Waals surface area contributed by atoms with Crippen LogP contribution in [-0.4, -0.2) is 20.1 Å². The maximum atomic E-state index is 12.1. The van der Waals surface area contributed by atoms with Gasteiger partial charge in [-0.2, -0.15) is 0 Å². The monoisotopic (exact) mass is 391 g/mol. The van der Waals surface area contributed by atoms with Crippen LogP contribution in [0.1, 0.15) is 5.56 Å². The van der Waals surface area contributed by atoms with E-state index in [9.17, 15) is 13.2 Å². The zero-order valence-electron chi connectivity index (χ0n) is 11.7. The normalized spacial score (nSPS) is 11.3. The van der Waals surface area contributed by atoms with Gasteiger partial charge in [0.05, 0.1) is 16.5 Å². The van der Waals surface area contributed by atoms with Crippen LogP contribution >= 0.6 is 34.8 Å². The maximum absolute atomic E-state index is 12.1. The number of nitrogens with one attached hydrogen (secondary N) is 1. The zero-order valence-corrected chi connectivity index (χ0v) is 14.8. The Hall–Kier alpha value is -1.27. The van der Waals surface area contributed by atoms with E-state index in [0.29, 0.717) is 21.3 Å². The number of hydrogen-bond donors (Lipinski definition) is 1. The summed E-state index contributed by atoms with van der Waals surface area (Å²) in [6.45, 7) is 0. The molecule has 1 N–H and O–H groups in total. The molecular formula is C15H12Cl3NO3S. The first-order chi connectivity index (χ1) is 10.7. The van der Waals surface area contributed by atoms with E-state index >= 15 is 0 Å². The summed E-state index contributed by atoms with van der Waals surface area (Å²) < 4.78 is 24.2. The summed E-state index contributed by atoms with van der Waals surface area (Å²) in [6.07, 6.45) is 0. The van der Waals surface area contributed by atoms with Crippen LogP contribution in [0.2, 0.25) is 15.1 Å². The molecule has 4 nitrogen and oxygen atoms in total. The summed E-state index contributed by atoms with van der Waals surface area (Å²) in [6, 6.07) is 10.9. The van der Waals surface area contributed by atoms with Crippen LogP contribution in [0, 0.1) is 0 Å². The van der Waals surface area contributed by atoms with Crippen molar-refractivity contribution in [3.8, 4) is 0 Å². The molecule has 0 saturated carbocycles. The van der Waals surface area contributed by atoms with Crippen molar-refractivity contribution >= 4 is 56.2 Å². The lowest BCUT2D eigenvalue weighted by molar-refractivity contribution is -0.113. The quantitative estimate of drug-likeness (QED) is 0.829. The van der Waals surface area contributed by atoms with Crippen LogP contribution in [0.4, 0.5) is 5.69 Å². The zero-order chi connectivity index (χ0) is 17.0. The first kappa shape index (κ1) is 18.1. The Morgan fingerprint density at radius 1 is 0.957 bits per heavy atom. The van der Waals surface area contributed by atoms with Crippen molar-refractivity contribution in [2.75, 3.05) is 11.1 Å². The number of carbonyl (C=O) groups is 1. The van der Waals surface area contributed by atoms with Gasteiger partial charge in [-0.1, -0.05) is 46.9 Å². The second kappa shape index (κ2) is 7.53. The Labute approximate surface area is 149 Å². The van der Waals surface area contributed by atoms with Gasteiger partial charge in [0.15, 0.2) is 9.84 Å². The van der Waals surface area contributed by atoms with E-state index in [1.165, 1.54) is 12.1 Å². The average molecular weight is 393 g/mol. The van der Waals surface area contributed by atoms with Gasteiger partial charge in [-0.3, -0.25) is 4.79 Å². The smallest absolute Gasteiger partial charge is 0.239 e. The highest BCUT2D eigenvalue weighted by Crippen LogP contribution is 2.25. The van der Waals surface area contributed by atoms with Gasteiger partial charge in [0, 0.05) is 10.0 Å². The first-order valence-corrected chi connectivity index (χ1v) is 9.40. The number of halogens is 3. The van der Waals surface area contributed by atoms with Gasteiger partial charge in [0.2, 0.25) is 5.91 Å². The molecule has 2 rings (SSSR count). The molecule has 0 unspecified atom stereocenters. The first-order valence-electron chi connectivity index (χ1n) is 6.45. The van der Waals surface area contributed by atoms with Crippen molar-refractivity contribution in [2.45, 2.75) is 5.75 Å². The number of rotatable bonds is 5. The lowest BCUT2D eigenvalue weighted by Gasteiger charge is -2.08. The van der Waals surface area contributed by atoms with Gasteiger partial charge in [0.25, 0.3) is 0 Å². The highest BCUT2D eigenvalue weighted by Gasteiger charge is 2.18. The summed E-state index contributed by atoms with van der Waals surface area (Å²) in [5, 5.41) is 3.63. The van der Waals surface area contributed by atoms with Gasteiger partial charge >= 0.3 is 0 Å². The van der Waals surface area contributed by atoms with Crippen LogP contribution in [0.3, 0.4) is 0 Å². The Morgan fingerprint density at radius 2 is 1.57 bits per heavy atom. The molecule has 0 aliphatic heterocycles. The topological polar surface area (TPSA) is 63.2 Å². The molecule has 122 valence electrons. The molecule has 0 atom stereocenters. The molecule has 0 radical (unpaired) electrons. The Balaban J connectivity index is 2.02. The molecule has 0 aliphatic rings. The Bertz CT molecular complexity index is 820. The lowest BCUT2D eigenvalue weighted by Crippen LogP contribution is -2.24. The standard InChI is InChI=1S/C15H12Cl3NO3S/c16-11-3-1-10(2-4-11)8-23(21,22)9-15(20)19-14-6-5-12(17)7-13(14)18/h1-7H,8-9H2,(H,19,20). The summed E-state index contributed by atoms with van der Waals surface area (Å²) in [5.74, 6) is -1.55. The number of carbonyl (C=O) groups excluding carboxylic acids is 1. The third-order valence-corrected chi connectivity index (χ3v) is 5.13. The third-order valence-electron chi connectivity index (χ3n) is 2.86. The van der Waals surface area contributed by atoms with Crippen LogP contribution < -0.4 is 5.32 Å². The number of sulfone groups is 1. The second-order valence-corrected chi connectivity index (χ2v) is 8.18. The minimum atomic E-state index is -3.61. The second-order valence-electron chi connectivity index (χ2n) is 4.83. The van der Waals surface area contributed by atoms with Gasteiger partial charge in [0.1, 0.15) is 5.75 Å². The fourth-order valence-electron chi connectivity index (χ4n) is 1.86. The van der Waals surface area contributed by atoms with Crippen molar-refractivity contribution in [1.29, 1.82) is 0 Å². The minimum Gasteiger partial charge on any atom is -0.324 e. The fourth-order valence-corrected chi connectivity index (χ4v) is 3.72. The highest BCUT2D eigenvalue weighted by molar-refractivity contribution is 7.91. The van der Waals surface area contributed by atoms with Gasteiger partial charge in [-0.15, -0.1) is 0 Å². The van der Waals surface area contributed by atoms with Crippen LogP contribution in [0.25, 0.3) is 0 Å². The summed E-state index contributed by atoms with van der Waals surface area (Å²) in [4.78, 5) is 11.9. The molecule has 8 heteroatoms. The van der Waals surface area contributed by atoms with Crippen molar-refractivity contribution in [1.82, 2.24) is 0 Å². The Morgan fingerprint density at radius 3 is 2.17 bits per heavy atom. The van der Waals surface area contributed by atoms with Crippen LogP contribution in [0.15, 0.2) is 42.5 Å². The largest absolute Gasteiger partial charge is 0.324 e. The molecule has 0 heterocycles. The van der Waals surface area contributed by atoms with Crippen molar-refractivity contribution < 1.29 is 13.2 Å². The molecule has 0 saturated heterocycles. The molecular weight excluding hydrogens is 381 g/mol. The molecule has 0 spiro atoms. The van der Waals surface area contributed by atoms with Crippen LogP contribution in [0.5, 0.6) is 0 Å². The Kier molecular flexibility index (Phi) is 5.92. The van der Waals surface area contributed by atoms with Gasteiger partial charge in [-0.05, 0) is 35.9 Å². The maximum Gasteiger partial charge on any atom is 0.239 e. The molecule has 0 aliphatic carbocycles. The predicted octanol–water partition coefficient (Wildman–Crippen LogP) is 4.20. The van der Waals surface area contributed by atoms with Gasteiger partial charge < -0.3 is 5.32 Å². The van der Waals surface area contributed by atoms with E-state index in [2.05, 4.69) is 5.32 Å². The van der Waals surface area contributed by atoms with Gasteiger partial charge in [-0.25, -0.2) is 8.42 Å². The van der Waals surface area contributed by atoms with E-state index in [1.807, 2.05) is 0 Å². The van der Waals surface area contributed by atoms with E-state index in [4.69, 9.17) is 34.8 Å². The number of benzene rings is 2. The lowest BCUT2D eigenvalue weighted by atomic mass is 10.2. The molecule has 1 amide bonds. The average Bonchev–Trinajstić information content (AvgIpc) is 2.43. The fraction of sp³-hybridized carbons (Fsp3) is 0.133.